The maximum Gasteiger partial charge on any atom is 0.0593 e. The molecule has 0 saturated carbocycles. The third kappa shape index (κ3) is 2.96. The van der Waals surface area contributed by atoms with Crippen LogP contribution >= 0.6 is 11.6 Å². The summed E-state index contributed by atoms with van der Waals surface area (Å²) in [6, 6.07) is 14.1. The molecule has 0 heterocycles. The summed E-state index contributed by atoms with van der Waals surface area (Å²) in [5, 5.41) is 4.06. The molecule has 0 aromatic heterocycles. The second kappa shape index (κ2) is 5.32. The third-order valence-electron chi connectivity index (χ3n) is 2.96. The van der Waals surface area contributed by atoms with Gasteiger partial charge in [-0.3, -0.25) is 0 Å². The van der Waals surface area contributed by atoms with Crippen LogP contribution in [0.4, 0.5) is 11.4 Å². The van der Waals surface area contributed by atoms with Crippen LogP contribution in [-0.4, -0.2) is 0 Å². The summed E-state index contributed by atoms with van der Waals surface area (Å²) in [6.45, 7) is 4.18. The standard InChI is InChI=1S/C15H17ClN2/c1-10-3-5-12(6-4-10)11(2)18-15-9-13(16)7-8-14(15)17/h3-9,11,18H,17H2,1-2H3. The van der Waals surface area contributed by atoms with Gasteiger partial charge in [0, 0.05) is 11.1 Å². The molecule has 2 aromatic carbocycles. The predicted molar refractivity (Wildman–Crippen MR) is 79.1 cm³/mol. The Kier molecular flexibility index (Phi) is 3.78. The summed E-state index contributed by atoms with van der Waals surface area (Å²) in [6.07, 6.45) is 0. The van der Waals surface area contributed by atoms with Crippen molar-refractivity contribution >= 4 is 23.0 Å². The molecule has 0 fully saturated rings. The van der Waals surface area contributed by atoms with E-state index in [0.717, 1.165) is 5.69 Å². The molecule has 18 heavy (non-hydrogen) atoms. The first kappa shape index (κ1) is 12.8. The number of nitrogens with one attached hydrogen (secondary N) is 1. The molecule has 0 spiro atoms. The summed E-state index contributed by atoms with van der Waals surface area (Å²) in [5.41, 5.74) is 9.98. The van der Waals surface area contributed by atoms with Gasteiger partial charge in [-0.25, -0.2) is 0 Å². The lowest BCUT2D eigenvalue weighted by atomic mass is 10.1. The molecule has 0 aliphatic heterocycles. The normalized spacial score (nSPS) is 12.2. The molecule has 1 atom stereocenters. The van der Waals surface area contributed by atoms with E-state index in [1.807, 2.05) is 12.1 Å². The lowest BCUT2D eigenvalue weighted by Gasteiger charge is -2.17. The van der Waals surface area contributed by atoms with Crippen LogP contribution in [0.1, 0.15) is 24.1 Å². The Hall–Kier alpha value is -1.67. The largest absolute Gasteiger partial charge is 0.397 e. The highest BCUT2D eigenvalue weighted by molar-refractivity contribution is 6.31. The molecule has 2 aromatic rings. The SMILES string of the molecule is Cc1ccc(C(C)Nc2cc(Cl)ccc2N)cc1. The lowest BCUT2D eigenvalue weighted by molar-refractivity contribution is 0.885. The molecule has 0 saturated heterocycles. The highest BCUT2D eigenvalue weighted by Crippen LogP contribution is 2.27. The maximum absolute atomic E-state index is 5.97. The minimum absolute atomic E-state index is 0.186. The third-order valence-corrected chi connectivity index (χ3v) is 3.20. The Morgan fingerprint density at radius 1 is 1.11 bits per heavy atom. The van der Waals surface area contributed by atoms with Gasteiger partial charge in [0.15, 0.2) is 0 Å². The molecule has 1 unspecified atom stereocenters. The van der Waals surface area contributed by atoms with E-state index in [1.54, 1.807) is 6.07 Å². The van der Waals surface area contributed by atoms with E-state index in [4.69, 9.17) is 17.3 Å². The molecule has 3 heteroatoms. The van der Waals surface area contributed by atoms with Gasteiger partial charge in [0.25, 0.3) is 0 Å². The second-order valence-corrected chi connectivity index (χ2v) is 4.94. The molecule has 0 radical (unpaired) electrons. The zero-order valence-corrected chi connectivity index (χ0v) is 11.3. The Balaban J connectivity index is 2.18. The van der Waals surface area contributed by atoms with Crippen molar-refractivity contribution in [3.05, 3.63) is 58.6 Å². The van der Waals surface area contributed by atoms with E-state index >= 15 is 0 Å². The number of rotatable bonds is 3. The van der Waals surface area contributed by atoms with Crippen LogP contribution in [0.5, 0.6) is 0 Å². The average molecular weight is 261 g/mol. The van der Waals surface area contributed by atoms with E-state index in [9.17, 15) is 0 Å². The monoisotopic (exact) mass is 260 g/mol. The summed E-state index contributed by atoms with van der Waals surface area (Å²) >= 11 is 5.97. The van der Waals surface area contributed by atoms with Crippen molar-refractivity contribution in [2.45, 2.75) is 19.9 Å². The van der Waals surface area contributed by atoms with Gasteiger partial charge < -0.3 is 11.1 Å². The van der Waals surface area contributed by atoms with E-state index in [1.165, 1.54) is 11.1 Å². The van der Waals surface area contributed by atoms with E-state index < -0.39 is 0 Å². The van der Waals surface area contributed by atoms with Gasteiger partial charge in [-0.05, 0) is 37.6 Å². The topological polar surface area (TPSA) is 38.0 Å². The van der Waals surface area contributed by atoms with E-state index in [-0.39, 0.29) is 6.04 Å². The lowest BCUT2D eigenvalue weighted by Crippen LogP contribution is -2.08. The van der Waals surface area contributed by atoms with Gasteiger partial charge >= 0.3 is 0 Å². The maximum atomic E-state index is 5.97. The molecule has 94 valence electrons. The Morgan fingerprint density at radius 2 is 1.78 bits per heavy atom. The van der Waals surface area contributed by atoms with Crippen molar-refractivity contribution in [1.82, 2.24) is 0 Å². The van der Waals surface area contributed by atoms with Crippen LogP contribution in [-0.2, 0) is 0 Å². The molecule has 0 amide bonds. The minimum atomic E-state index is 0.186. The number of nitrogens with two attached hydrogens (primary N) is 1. The fourth-order valence-corrected chi connectivity index (χ4v) is 2.00. The van der Waals surface area contributed by atoms with Gasteiger partial charge in [0.1, 0.15) is 0 Å². The fourth-order valence-electron chi connectivity index (χ4n) is 1.83. The highest BCUT2D eigenvalue weighted by Gasteiger charge is 2.07. The first-order valence-corrected chi connectivity index (χ1v) is 6.32. The highest BCUT2D eigenvalue weighted by atomic mass is 35.5. The second-order valence-electron chi connectivity index (χ2n) is 4.51. The summed E-state index contributed by atoms with van der Waals surface area (Å²) in [7, 11) is 0. The van der Waals surface area contributed by atoms with Gasteiger partial charge in [-0.2, -0.15) is 0 Å². The molecule has 0 bridgehead atoms. The van der Waals surface area contributed by atoms with Crippen LogP contribution in [0, 0.1) is 6.92 Å². The Bertz CT molecular complexity index is 535. The van der Waals surface area contributed by atoms with E-state index in [2.05, 4.69) is 43.4 Å². The molecule has 3 N–H and O–H groups in total. The van der Waals surface area contributed by atoms with E-state index in [0.29, 0.717) is 10.7 Å². The van der Waals surface area contributed by atoms with Crippen LogP contribution in [0.15, 0.2) is 42.5 Å². The fraction of sp³-hybridized carbons (Fsp3) is 0.200. The summed E-state index contributed by atoms with van der Waals surface area (Å²) in [5.74, 6) is 0. The van der Waals surface area contributed by atoms with Crippen molar-refractivity contribution in [2.75, 3.05) is 11.1 Å². The number of nitrogen functional groups attached to an aromatic ring is 1. The van der Waals surface area contributed by atoms with Crippen LogP contribution < -0.4 is 11.1 Å². The molecular weight excluding hydrogens is 244 g/mol. The smallest absolute Gasteiger partial charge is 0.0593 e. The first-order valence-electron chi connectivity index (χ1n) is 5.94. The average Bonchev–Trinajstić information content (AvgIpc) is 2.34. The van der Waals surface area contributed by atoms with Crippen molar-refractivity contribution < 1.29 is 0 Å². The van der Waals surface area contributed by atoms with Crippen LogP contribution in [0.3, 0.4) is 0 Å². The van der Waals surface area contributed by atoms with Gasteiger partial charge in [-0.1, -0.05) is 41.4 Å². The number of hydrogen-bond donors (Lipinski definition) is 2. The summed E-state index contributed by atoms with van der Waals surface area (Å²) < 4.78 is 0. The Morgan fingerprint density at radius 3 is 2.44 bits per heavy atom. The number of hydrogen-bond acceptors (Lipinski definition) is 2. The van der Waals surface area contributed by atoms with Crippen molar-refractivity contribution in [3.63, 3.8) is 0 Å². The minimum Gasteiger partial charge on any atom is -0.397 e. The van der Waals surface area contributed by atoms with Gasteiger partial charge in [0.2, 0.25) is 0 Å². The number of aryl methyl sites for hydroxylation is 1. The zero-order valence-electron chi connectivity index (χ0n) is 10.6. The molecule has 2 rings (SSSR count). The number of anilines is 2. The predicted octanol–water partition coefficient (Wildman–Crippen LogP) is 4.40. The number of benzene rings is 2. The van der Waals surface area contributed by atoms with Crippen molar-refractivity contribution in [2.24, 2.45) is 0 Å². The Labute approximate surface area is 113 Å². The number of halogens is 1. The summed E-state index contributed by atoms with van der Waals surface area (Å²) in [4.78, 5) is 0. The van der Waals surface area contributed by atoms with Crippen LogP contribution in [0.2, 0.25) is 5.02 Å². The van der Waals surface area contributed by atoms with Gasteiger partial charge in [0.05, 0.1) is 11.4 Å². The van der Waals surface area contributed by atoms with Crippen LogP contribution in [0.25, 0.3) is 0 Å². The van der Waals surface area contributed by atoms with Crippen molar-refractivity contribution in [1.29, 1.82) is 0 Å². The van der Waals surface area contributed by atoms with Crippen molar-refractivity contribution in [3.8, 4) is 0 Å². The zero-order chi connectivity index (χ0) is 13.1. The quantitative estimate of drug-likeness (QED) is 0.803. The molecule has 2 nitrogen and oxygen atoms in total. The van der Waals surface area contributed by atoms with Gasteiger partial charge in [-0.15, -0.1) is 0 Å². The molecule has 0 aliphatic carbocycles. The molecule has 0 aliphatic rings. The molecular formula is C15H17ClN2. The first-order chi connectivity index (χ1) is 8.56.